The van der Waals surface area contributed by atoms with Crippen molar-refractivity contribution in [2.75, 3.05) is 30.9 Å². The first kappa shape index (κ1) is 21.4. The van der Waals surface area contributed by atoms with Gasteiger partial charge in [-0.2, -0.15) is 0 Å². The monoisotopic (exact) mass is 449 g/mol. The van der Waals surface area contributed by atoms with Crippen LogP contribution in [0.25, 0.3) is 11.3 Å². The van der Waals surface area contributed by atoms with E-state index in [9.17, 15) is 13.2 Å². The van der Waals surface area contributed by atoms with Crippen molar-refractivity contribution in [2.45, 2.75) is 43.1 Å². The molecule has 1 aromatic heterocycles. The lowest BCUT2D eigenvalue weighted by Gasteiger charge is -2.23. The molecule has 7 nitrogen and oxygen atoms in total. The first-order chi connectivity index (χ1) is 14.4. The fourth-order valence-corrected chi connectivity index (χ4v) is 6.68. The van der Waals surface area contributed by atoms with Crippen LogP contribution in [-0.2, 0) is 25.9 Å². The van der Waals surface area contributed by atoms with Crippen LogP contribution in [0.15, 0.2) is 41.7 Å². The van der Waals surface area contributed by atoms with E-state index in [1.807, 2.05) is 24.4 Å². The molecule has 1 aromatic carbocycles. The maximum Gasteiger partial charge on any atom is 0.233 e. The molecule has 0 saturated carbocycles. The zero-order valence-electron chi connectivity index (χ0n) is 17.1. The number of amides is 1. The van der Waals surface area contributed by atoms with Crippen molar-refractivity contribution in [3.8, 4) is 11.3 Å². The van der Waals surface area contributed by atoms with Gasteiger partial charge in [-0.3, -0.25) is 4.79 Å². The number of hydrogen-bond donors (Lipinski definition) is 0. The molecule has 2 unspecified atom stereocenters. The summed E-state index contributed by atoms with van der Waals surface area (Å²) in [4.78, 5) is 18.9. The summed E-state index contributed by atoms with van der Waals surface area (Å²) in [7, 11) is -1.32. The Kier molecular flexibility index (Phi) is 6.50. The van der Waals surface area contributed by atoms with E-state index in [0.29, 0.717) is 13.0 Å². The maximum absolute atomic E-state index is 12.7. The molecule has 0 N–H and O–H groups in total. The average Bonchev–Trinajstić information content (AvgIpc) is 3.47. The average molecular weight is 450 g/mol. The van der Waals surface area contributed by atoms with Crippen molar-refractivity contribution in [3.05, 3.63) is 36.5 Å². The Morgan fingerprint density at radius 1 is 1.30 bits per heavy atom. The maximum atomic E-state index is 12.7. The van der Waals surface area contributed by atoms with Gasteiger partial charge in [0.1, 0.15) is 0 Å². The number of carbonyl (C=O) groups excluding carboxylic acids is 1. The normalized spacial score (nSPS) is 23.0. The Morgan fingerprint density at radius 2 is 2.10 bits per heavy atom. The van der Waals surface area contributed by atoms with E-state index in [2.05, 4.69) is 21.7 Å². The molecule has 2 atom stereocenters. The van der Waals surface area contributed by atoms with Crippen LogP contribution < -0.4 is 0 Å². The first-order valence-corrected chi connectivity index (χ1v) is 13.0. The van der Waals surface area contributed by atoms with Gasteiger partial charge in [-0.1, -0.05) is 42.1 Å². The summed E-state index contributed by atoms with van der Waals surface area (Å²) < 4.78 is 31.4. The van der Waals surface area contributed by atoms with E-state index in [1.54, 1.807) is 11.9 Å². The molecular formula is C21H27N3O4S2. The molecule has 3 heterocycles. The number of ether oxygens (including phenoxy) is 1. The molecule has 162 valence electrons. The predicted molar refractivity (Wildman–Crippen MR) is 117 cm³/mol. The molecule has 30 heavy (non-hydrogen) atoms. The van der Waals surface area contributed by atoms with Crippen LogP contribution >= 0.6 is 11.8 Å². The van der Waals surface area contributed by atoms with E-state index in [0.717, 1.165) is 35.9 Å². The second-order valence-electron chi connectivity index (χ2n) is 7.89. The van der Waals surface area contributed by atoms with Gasteiger partial charge in [0.15, 0.2) is 15.0 Å². The number of carbonyl (C=O) groups is 1. The van der Waals surface area contributed by atoms with Gasteiger partial charge in [0.25, 0.3) is 0 Å². The lowest BCUT2D eigenvalue weighted by Crippen LogP contribution is -2.38. The number of sulfone groups is 1. The molecule has 9 heteroatoms. The summed E-state index contributed by atoms with van der Waals surface area (Å²) in [5.41, 5.74) is 2.09. The van der Waals surface area contributed by atoms with Gasteiger partial charge in [-0.25, -0.2) is 13.4 Å². The Morgan fingerprint density at radius 3 is 2.77 bits per heavy atom. The fraction of sp³-hybridized carbons (Fsp3) is 0.524. The van der Waals surface area contributed by atoms with Gasteiger partial charge in [0.2, 0.25) is 5.91 Å². The summed E-state index contributed by atoms with van der Waals surface area (Å²) in [5.74, 6) is 0.375. The molecule has 0 bridgehead atoms. The van der Waals surface area contributed by atoms with E-state index in [-0.39, 0.29) is 35.3 Å². The van der Waals surface area contributed by atoms with Gasteiger partial charge in [0, 0.05) is 19.7 Å². The minimum atomic E-state index is -3.02. The predicted octanol–water partition coefficient (Wildman–Crippen LogP) is 2.47. The van der Waals surface area contributed by atoms with Gasteiger partial charge >= 0.3 is 0 Å². The molecule has 0 spiro atoms. The second kappa shape index (κ2) is 9.11. The van der Waals surface area contributed by atoms with Crippen LogP contribution in [0.2, 0.25) is 0 Å². The number of nitrogens with zero attached hydrogens (tertiary/aromatic N) is 3. The highest BCUT2D eigenvalue weighted by molar-refractivity contribution is 7.99. The molecule has 0 radical (unpaired) electrons. The van der Waals surface area contributed by atoms with Crippen molar-refractivity contribution in [3.63, 3.8) is 0 Å². The molecule has 2 saturated heterocycles. The summed E-state index contributed by atoms with van der Waals surface area (Å²) in [6.45, 7) is 1.49. The molecule has 2 aliphatic rings. The number of benzene rings is 1. The van der Waals surface area contributed by atoms with E-state index < -0.39 is 9.84 Å². The third-order valence-electron chi connectivity index (χ3n) is 5.77. The molecular weight excluding hydrogens is 422 g/mol. The van der Waals surface area contributed by atoms with E-state index in [1.165, 1.54) is 11.8 Å². The third-order valence-corrected chi connectivity index (χ3v) is 8.50. The Labute approximate surface area is 181 Å². The highest BCUT2D eigenvalue weighted by Gasteiger charge is 2.32. The van der Waals surface area contributed by atoms with Crippen LogP contribution in [0.1, 0.15) is 19.3 Å². The van der Waals surface area contributed by atoms with Gasteiger partial charge in [-0.15, -0.1) is 0 Å². The van der Waals surface area contributed by atoms with E-state index in [4.69, 9.17) is 4.74 Å². The molecule has 4 rings (SSSR count). The summed E-state index contributed by atoms with van der Waals surface area (Å²) in [6.07, 6.45) is 4.61. The van der Waals surface area contributed by atoms with Crippen LogP contribution in [0.5, 0.6) is 0 Å². The zero-order chi connectivity index (χ0) is 21.1. The summed E-state index contributed by atoms with van der Waals surface area (Å²) in [5, 5.41) is 0.783. The van der Waals surface area contributed by atoms with Gasteiger partial charge in [-0.05, 0) is 24.8 Å². The van der Waals surface area contributed by atoms with Gasteiger partial charge in [0.05, 0.1) is 41.8 Å². The van der Waals surface area contributed by atoms with Gasteiger partial charge < -0.3 is 14.2 Å². The van der Waals surface area contributed by atoms with Crippen LogP contribution in [0.3, 0.4) is 0 Å². The lowest BCUT2D eigenvalue weighted by molar-refractivity contribution is -0.128. The SMILES string of the molecule is CN(C(=O)CSc1ncc(-c2ccccc2)n1CC1CCCO1)C1CCS(=O)(=O)C1. The molecule has 2 fully saturated rings. The van der Waals surface area contributed by atoms with Crippen LogP contribution in [-0.4, -0.2) is 71.8 Å². The van der Waals surface area contributed by atoms with E-state index >= 15 is 0 Å². The number of thioether (sulfide) groups is 1. The largest absolute Gasteiger partial charge is 0.376 e. The van der Waals surface area contributed by atoms with Crippen molar-refractivity contribution in [2.24, 2.45) is 0 Å². The number of rotatable bonds is 7. The highest BCUT2D eigenvalue weighted by Crippen LogP contribution is 2.29. The lowest BCUT2D eigenvalue weighted by atomic mass is 10.1. The quantitative estimate of drug-likeness (QED) is 0.604. The number of imidazole rings is 1. The fourth-order valence-electron chi connectivity index (χ4n) is 3.99. The molecule has 1 amide bonds. The van der Waals surface area contributed by atoms with Crippen LogP contribution in [0.4, 0.5) is 0 Å². The second-order valence-corrected chi connectivity index (χ2v) is 11.1. The van der Waals surface area contributed by atoms with Crippen molar-refractivity contribution in [1.29, 1.82) is 0 Å². The molecule has 0 aliphatic carbocycles. The third kappa shape index (κ3) is 4.90. The van der Waals surface area contributed by atoms with Crippen LogP contribution in [0, 0.1) is 0 Å². The number of aromatic nitrogens is 2. The Bertz CT molecular complexity index is 985. The first-order valence-electron chi connectivity index (χ1n) is 10.2. The molecule has 2 aromatic rings. The molecule has 2 aliphatic heterocycles. The topological polar surface area (TPSA) is 81.5 Å². The Balaban J connectivity index is 1.48. The smallest absolute Gasteiger partial charge is 0.233 e. The minimum absolute atomic E-state index is 0.0612. The zero-order valence-corrected chi connectivity index (χ0v) is 18.7. The minimum Gasteiger partial charge on any atom is -0.376 e. The van der Waals surface area contributed by atoms with Crippen molar-refractivity contribution >= 4 is 27.5 Å². The highest BCUT2D eigenvalue weighted by atomic mass is 32.2. The van der Waals surface area contributed by atoms with Crippen molar-refractivity contribution in [1.82, 2.24) is 14.5 Å². The number of hydrogen-bond acceptors (Lipinski definition) is 6. The Hall–Kier alpha value is -1.84. The standard InChI is InChI=1S/C21H27N3O4S2/c1-23(17-9-11-30(26,27)15-17)20(25)14-29-21-22-12-19(16-6-3-2-4-7-16)24(21)13-18-8-5-10-28-18/h2-4,6-7,12,17-18H,5,8-11,13-15H2,1H3. The summed E-state index contributed by atoms with van der Waals surface area (Å²) >= 11 is 1.40. The van der Waals surface area contributed by atoms with Crippen molar-refractivity contribution < 1.29 is 17.9 Å². The summed E-state index contributed by atoms with van der Waals surface area (Å²) in [6, 6.07) is 9.86.